The summed E-state index contributed by atoms with van der Waals surface area (Å²) in [6.07, 6.45) is 11.9. The minimum atomic E-state index is -3.59. The molecule has 0 aliphatic rings. The fraction of sp³-hybridized carbons (Fsp3) is 0.351. The summed E-state index contributed by atoms with van der Waals surface area (Å²) >= 11 is 1.06. The standard InChI is InChI=1S/C37H43N3O5S2/c1-4-6-8-10-26-40(27-11-9-7-5-2)47(41,42)31-18-14-29(15-19-31)33-23-25-39-37-35(33)21-20-34-32(22-24-38-36(34)37)28-12-16-30(17-13-28)46-45-44-43-3/h12-25H,4-11,26-27H2,1-3H3. The van der Waals surface area contributed by atoms with E-state index in [9.17, 15) is 8.42 Å². The molecule has 0 radical (unpaired) electrons. The van der Waals surface area contributed by atoms with Crippen molar-refractivity contribution < 1.29 is 22.7 Å². The second-order valence-electron chi connectivity index (χ2n) is 11.5. The summed E-state index contributed by atoms with van der Waals surface area (Å²) in [5, 5.41) is 6.42. The highest BCUT2D eigenvalue weighted by molar-refractivity contribution is 7.94. The van der Waals surface area contributed by atoms with Crippen LogP contribution in [0.15, 0.2) is 95.0 Å². The summed E-state index contributed by atoms with van der Waals surface area (Å²) in [4.78, 5) is 15.1. The van der Waals surface area contributed by atoms with Gasteiger partial charge in [-0.1, -0.05) is 93.8 Å². The van der Waals surface area contributed by atoms with Gasteiger partial charge in [0.1, 0.15) is 0 Å². The first-order valence-electron chi connectivity index (χ1n) is 16.4. The van der Waals surface area contributed by atoms with E-state index in [4.69, 9.17) is 14.3 Å². The summed E-state index contributed by atoms with van der Waals surface area (Å²) in [5.41, 5.74) is 5.57. The van der Waals surface area contributed by atoms with Crippen LogP contribution in [0.1, 0.15) is 65.2 Å². The van der Waals surface area contributed by atoms with E-state index in [1.54, 1.807) is 28.8 Å². The van der Waals surface area contributed by atoms with Gasteiger partial charge in [0.2, 0.25) is 10.0 Å². The lowest BCUT2D eigenvalue weighted by atomic mass is 9.96. The molecule has 2 aromatic heterocycles. The van der Waals surface area contributed by atoms with Gasteiger partial charge in [-0.15, -0.1) is 4.33 Å². The van der Waals surface area contributed by atoms with Crippen LogP contribution >= 0.6 is 12.0 Å². The molecule has 47 heavy (non-hydrogen) atoms. The maximum Gasteiger partial charge on any atom is 0.243 e. The van der Waals surface area contributed by atoms with Gasteiger partial charge in [-0.25, -0.2) is 13.3 Å². The maximum atomic E-state index is 13.8. The summed E-state index contributed by atoms with van der Waals surface area (Å²) in [5.74, 6) is 0. The molecule has 8 nitrogen and oxygen atoms in total. The Morgan fingerprint density at radius 3 is 1.66 bits per heavy atom. The number of rotatable bonds is 18. The minimum Gasteiger partial charge on any atom is -0.254 e. The third-order valence-electron chi connectivity index (χ3n) is 8.34. The molecule has 0 unspecified atom stereocenters. The SMILES string of the molecule is CCCCCCN(CCCCCC)S(=O)(=O)c1ccc(-c2ccnc3c2ccc2c(-c4ccc(SOOOC)cc4)ccnc23)cc1. The van der Waals surface area contributed by atoms with Crippen molar-refractivity contribution in [3.8, 4) is 22.3 Å². The second kappa shape index (κ2) is 17.1. The van der Waals surface area contributed by atoms with Crippen LogP contribution in [0, 0.1) is 0 Å². The molecular weight excluding hydrogens is 631 g/mol. The molecular formula is C37H43N3O5S2. The first-order valence-corrected chi connectivity index (χ1v) is 18.6. The lowest BCUT2D eigenvalue weighted by Crippen LogP contribution is -2.33. The van der Waals surface area contributed by atoms with Gasteiger partial charge in [0.05, 0.1) is 35.1 Å². The van der Waals surface area contributed by atoms with E-state index < -0.39 is 10.0 Å². The van der Waals surface area contributed by atoms with Gasteiger partial charge in [0, 0.05) is 41.2 Å². The first kappa shape index (κ1) is 34.9. The Hall–Kier alpha value is -3.38. The number of aromatic nitrogens is 2. The highest BCUT2D eigenvalue weighted by Gasteiger charge is 2.24. The maximum absolute atomic E-state index is 13.8. The summed E-state index contributed by atoms with van der Waals surface area (Å²) in [6.45, 7) is 5.46. The summed E-state index contributed by atoms with van der Waals surface area (Å²) in [7, 11) is -2.22. The highest BCUT2D eigenvalue weighted by atomic mass is 32.2. The number of pyridine rings is 2. The Morgan fingerprint density at radius 2 is 1.17 bits per heavy atom. The van der Waals surface area contributed by atoms with Crippen LogP contribution < -0.4 is 0 Å². The van der Waals surface area contributed by atoms with Crippen LogP contribution in [0.25, 0.3) is 44.1 Å². The second-order valence-corrected chi connectivity index (χ2v) is 14.2. The molecule has 3 aromatic carbocycles. The van der Waals surface area contributed by atoms with Gasteiger partial charge in [0.15, 0.2) is 0 Å². The summed E-state index contributed by atoms with van der Waals surface area (Å²) in [6, 6.07) is 23.4. The molecule has 0 aliphatic carbocycles. The number of sulfonamides is 1. The molecule has 10 heteroatoms. The largest absolute Gasteiger partial charge is 0.254 e. The smallest absolute Gasteiger partial charge is 0.243 e. The van der Waals surface area contributed by atoms with E-state index in [1.165, 1.54) is 7.11 Å². The van der Waals surface area contributed by atoms with Crippen molar-refractivity contribution in [3.63, 3.8) is 0 Å². The first-order chi connectivity index (χ1) is 23.0. The highest BCUT2D eigenvalue weighted by Crippen LogP contribution is 2.36. The van der Waals surface area contributed by atoms with Crippen molar-refractivity contribution >= 4 is 43.9 Å². The van der Waals surface area contributed by atoms with E-state index in [0.29, 0.717) is 18.0 Å². The molecule has 0 saturated heterocycles. The zero-order valence-corrected chi connectivity index (χ0v) is 29.0. The van der Waals surface area contributed by atoms with Gasteiger partial charge in [-0.3, -0.25) is 9.97 Å². The quantitative estimate of drug-likeness (QED) is 0.0299. The van der Waals surface area contributed by atoms with Gasteiger partial charge < -0.3 is 0 Å². The predicted molar refractivity (Wildman–Crippen MR) is 190 cm³/mol. The van der Waals surface area contributed by atoms with Crippen LogP contribution in [0.2, 0.25) is 0 Å². The molecule has 0 N–H and O–H groups in total. The Balaban J connectivity index is 1.42. The van der Waals surface area contributed by atoms with E-state index in [1.807, 2.05) is 48.5 Å². The Labute approximate surface area is 282 Å². The molecule has 0 saturated carbocycles. The van der Waals surface area contributed by atoms with E-state index in [0.717, 1.165) is 112 Å². The average Bonchev–Trinajstić information content (AvgIpc) is 3.10. The van der Waals surface area contributed by atoms with E-state index in [-0.39, 0.29) is 0 Å². The lowest BCUT2D eigenvalue weighted by Gasteiger charge is -2.22. The summed E-state index contributed by atoms with van der Waals surface area (Å²) < 4.78 is 34.2. The molecule has 0 fully saturated rings. The Bertz CT molecular complexity index is 1840. The third-order valence-corrected chi connectivity index (χ3v) is 10.8. The van der Waals surface area contributed by atoms with Crippen molar-refractivity contribution in [3.05, 3.63) is 85.2 Å². The number of unbranched alkanes of at least 4 members (excludes halogenated alkanes) is 6. The van der Waals surface area contributed by atoms with Gasteiger partial charge in [-0.2, -0.15) is 4.31 Å². The van der Waals surface area contributed by atoms with E-state index >= 15 is 0 Å². The van der Waals surface area contributed by atoms with Crippen LogP contribution in [0.5, 0.6) is 0 Å². The molecule has 0 atom stereocenters. The van der Waals surface area contributed by atoms with Crippen molar-refractivity contribution in [1.29, 1.82) is 0 Å². The molecule has 5 aromatic rings. The molecule has 248 valence electrons. The van der Waals surface area contributed by atoms with Crippen LogP contribution in [-0.2, 0) is 24.3 Å². The zero-order chi connectivity index (χ0) is 33.1. The molecule has 0 amide bonds. The molecule has 0 bridgehead atoms. The molecule has 2 heterocycles. The Kier molecular flexibility index (Phi) is 12.7. The molecule has 0 aliphatic heterocycles. The topological polar surface area (TPSA) is 90.9 Å². The van der Waals surface area contributed by atoms with Gasteiger partial charge >= 0.3 is 0 Å². The fourth-order valence-corrected chi connectivity index (χ4v) is 7.77. The van der Waals surface area contributed by atoms with Crippen molar-refractivity contribution in [2.24, 2.45) is 0 Å². The predicted octanol–water partition coefficient (Wildman–Crippen LogP) is 9.78. The molecule has 0 spiro atoms. The van der Waals surface area contributed by atoms with Crippen molar-refractivity contribution in [1.82, 2.24) is 14.3 Å². The number of hydrogen-bond acceptors (Lipinski definition) is 8. The molecule has 5 rings (SSSR count). The van der Waals surface area contributed by atoms with Crippen LogP contribution in [0.4, 0.5) is 0 Å². The van der Waals surface area contributed by atoms with Crippen molar-refractivity contribution in [2.75, 3.05) is 20.2 Å². The van der Waals surface area contributed by atoms with Gasteiger partial charge in [0.25, 0.3) is 0 Å². The van der Waals surface area contributed by atoms with Gasteiger partial charge in [-0.05, 0) is 71.5 Å². The lowest BCUT2D eigenvalue weighted by molar-refractivity contribution is -0.447. The normalized spacial score (nSPS) is 12.0. The Morgan fingerprint density at radius 1 is 0.660 bits per heavy atom. The van der Waals surface area contributed by atoms with Crippen LogP contribution in [0.3, 0.4) is 0 Å². The fourth-order valence-electron chi connectivity index (χ4n) is 5.84. The van der Waals surface area contributed by atoms with Crippen molar-refractivity contribution in [2.45, 2.75) is 75.0 Å². The number of benzene rings is 3. The number of fused-ring (bicyclic) bond motifs is 3. The third kappa shape index (κ3) is 8.56. The minimum absolute atomic E-state index is 0.338. The number of nitrogens with zero attached hydrogens (tertiary/aromatic N) is 3. The van der Waals surface area contributed by atoms with E-state index in [2.05, 4.69) is 35.9 Å². The average molecular weight is 674 g/mol. The monoisotopic (exact) mass is 673 g/mol. The number of hydrogen-bond donors (Lipinski definition) is 0. The van der Waals surface area contributed by atoms with Crippen LogP contribution in [-0.4, -0.2) is 42.9 Å². The zero-order valence-electron chi connectivity index (χ0n) is 27.4.